The normalized spacial score (nSPS) is 10.7. The highest BCUT2D eigenvalue weighted by Gasteiger charge is 2.13. The van der Waals surface area contributed by atoms with Crippen molar-refractivity contribution in [2.24, 2.45) is 0 Å². The molecule has 0 bridgehead atoms. The number of hydrogen-bond donors (Lipinski definition) is 0. The molecule has 0 atom stereocenters. The summed E-state index contributed by atoms with van der Waals surface area (Å²) in [6, 6.07) is 2.79. The van der Waals surface area contributed by atoms with Gasteiger partial charge in [0.05, 0.1) is 6.20 Å². The van der Waals surface area contributed by atoms with Crippen LogP contribution in [0.1, 0.15) is 0 Å². The Bertz CT molecular complexity index is 510. The summed E-state index contributed by atoms with van der Waals surface area (Å²) in [5.41, 5.74) is -0.147. The number of rotatable bonds is 1. The van der Waals surface area contributed by atoms with E-state index in [1.165, 1.54) is 6.20 Å². The van der Waals surface area contributed by atoms with E-state index in [2.05, 4.69) is 21.0 Å². The highest BCUT2D eigenvalue weighted by Crippen LogP contribution is 2.20. The summed E-state index contributed by atoms with van der Waals surface area (Å²) in [5, 5.41) is 3.76. The van der Waals surface area contributed by atoms with Gasteiger partial charge < -0.3 is 0 Å². The number of aromatic nitrogens is 2. The molecule has 0 saturated carbocycles. The summed E-state index contributed by atoms with van der Waals surface area (Å²) in [4.78, 5) is 0. The van der Waals surface area contributed by atoms with E-state index in [0.717, 1.165) is 10.7 Å². The molecule has 1 aromatic heterocycles. The van der Waals surface area contributed by atoms with Crippen LogP contribution in [0.15, 0.2) is 29.0 Å². The molecular weight excluding hydrogens is 273 g/mol. The molecule has 0 aliphatic rings. The fraction of sp³-hybridized carbons (Fsp3) is 0. The van der Waals surface area contributed by atoms with Crippen LogP contribution in [-0.4, -0.2) is 9.78 Å². The Balaban J connectivity index is 2.64. The predicted octanol–water partition coefficient (Wildman–Crippen LogP) is 3.05. The van der Waals surface area contributed by atoms with Crippen molar-refractivity contribution in [1.29, 1.82) is 0 Å². The fourth-order valence-electron chi connectivity index (χ4n) is 1.14. The number of hydrogen-bond acceptors (Lipinski definition) is 1. The van der Waals surface area contributed by atoms with Crippen molar-refractivity contribution in [1.82, 2.24) is 9.78 Å². The molecule has 2 nitrogen and oxygen atoms in total. The number of nitrogens with zero attached hydrogens (tertiary/aromatic N) is 2. The second-order valence-electron chi connectivity index (χ2n) is 2.78. The van der Waals surface area contributed by atoms with Crippen LogP contribution in [0.25, 0.3) is 5.69 Å². The first-order valence-corrected chi connectivity index (χ1v) is 4.73. The topological polar surface area (TPSA) is 17.8 Å². The maximum absolute atomic E-state index is 13.3. The zero-order chi connectivity index (χ0) is 11.0. The summed E-state index contributed by atoms with van der Waals surface area (Å²) < 4.78 is 40.4. The monoisotopic (exact) mass is 276 g/mol. The fourth-order valence-corrected chi connectivity index (χ4v) is 1.54. The summed E-state index contributed by atoms with van der Waals surface area (Å²) >= 11 is 3.10. The van der Waals surface area contributed by atoms with E-state index < -0.39 is 17.5 Å². The van der Waals surface area contributed by atoms with Crippen LogP contribution in [0.3, 0.4) is 0 Å². The number of benzene rings is 1. The molecule has 1 aromatic carbocycles. The van der Waals surface area contributed by atoms with E-state index in [4.69, 9.17) is 0 Å². The first kappa shape index (κ1) is 10.2. The van der Waals surface area contributed by atoms with Crippen molar-refractivity contribution >= 4 is 15.9 Å². The standard InChI is InChI=1S/C9H4BrF3N2/c10-9-1-2-14-15(9)8-4-6(12)5(11)3-7(8)13/h1-4H. The molecule has 0 fully saturated rings. The SMILES string of the molecule is Fc1cc(F)c(-n2nccc2Br)cc1F. The molecule has 1 heterocycles. The molecule has 0 aliphatic heterocycles. The van der Waals surface area contributed by atoms with Crippen molar-refractivity contribution < 1.29 is 13.2 Å². The van der Waals surface area contributed by atoms with E-state index in [1.54, 1.807) is 6.07 Å². The average molecular weight is 277 g/mol. The summed E-state index contributed by atoms with van der Waals surface area (Å²) in [5.74, 6) is -3.22. The first-order chi connectivity index (χ1) is 7.09. The van der Waals surface area contributed by atoms with E-state index in [0.29, 0.717) is 10.7 Å². The first-order valence-electron chi connectivity index (χ1n) is 3.94. The zero-order valence-corrected chi connectivity index (χ0v) is 8.80. The van der Waals surface area contributed by atoms with Gasteiger partial charge in [-0.2, -0.15) is 5.10 Å². The van der Waals surface area contributed by atoms with Crippen LogP contribution in [0.5, 0.6) is 0 Å². The van der Waals surface area contributed by atoms with Crippen LogP contribution in [0.4, 0.5) is 13.2 Å². The minimum absolute atomic E-state index is 0.147. The maximum Gasteiger partial charge on any atom is 0.161 e. The Labute approximate surface area is 91.5 Å². The van der Waals surface area contributed by atoms with Crippen LogP contribution >= 0.6 is 15.9 Å². The molecule has 6 heteroatoms. The van der Waals surface area contributed by atoms with Crippen molar-refractivity contribution in [3.05, 3.63) is 46.5 Å². The summed E-state index contributed by atoms with van der Waals surface area (Å²) in [6.07, 6.45) is 1.41. The van der Waals surface area contributed by atoms with Gasteiger partial charge in [0.15, 0.2) is 17.5 Å². The Morgan fingerprint density at radius 1 is 1.07 bits per heavy atom. The van der Waals surface area contributed by atoms with Crippen LogP contribution in [-0.2, 0) is 0 Å². The lowest BCUT2D eigenvalue weighted by Crippen LogP contribution is -2.02. The third kappa shape index (κ3) is 1.77. The molecule has 0 saturated heterocycles. The molecule has 0 N–H and O–H groups in total. The van der Waals surface area contributed by atoms with Crippen LogP contribution in [0, 0.1) is 17.5 Å². The largest absolute Gasteiger partial charge is 0.224 e. The molecule has 0 spiro atoms. The molecule has 2 rings (SSSR count). The Hall–Kier alpha value is -1.30. The molecule has 0 radical (unpaired) electrons. The van der Waals surface area contributed by atoms with Crippen LogP contribution in [0.2, 0.25) is 0 Å². The second kappa shape index (κ2) is 3.69. The summed E-state index contributed by atoms with van der Waals surface area (Å²) in [6.45, 7) is 0. The second-order valence-corrected chi connectivity index (χ2v) is 3.60. The van der Waals surface area contributed by atoms with E-state index in [9.17, 15) is 13.2 Å². The van der Waals surface area contributed by atoms with Gasteiger partial charge in [0.2, 0.25) is 0 Å². The molecule has 0 unspecified atom stereocenters. The van der Waals surface area contributed by atoms with Crippen molar-refractivity contribution in [2.45, 2.75) is 0 Å². The van der Waals surface area contributed by atoms with Gasteiger partial charge in [-0.15, -0.1) is 0 Å². The lowest BCUT2D eigenvalue weighted by atomic mass is 10.3. The van der Waals surface area contributed by atoms with Gasteiger partial charge in [0, 0.05) is 12.1 Å². The van der Waals surface area contributed by atoms with Crippen molar-refractivity contribution in [2.75, 3.05) is 0 Å². The van der Waals surface area contributed by atoms with Gasteiger partial charge >= 0.3 is 0 Å². The molecule has 78 valence electrons. The van der Waals surface area contributed by atoms with Crippen molar-refractivity contribution in [3.8, 4) is 5.69 Å². The predicted molar refractivity (Wildman–Crippen MR) is 51.1 cm³/mol. The lowest BCUT2D eigenvalue weighted by Gasteiger charge is -2.05. The Morgan fingerprint density at radius 3 is 2.33 bits per heavy atom. The highest BCUT2D eigenvalue weighted by molar-refractivity contribution is 9.10. The third-order valence-corrected chi connectivity index (χ3v) is 2.41. The van der Waals surface area contributed by atoms with Crippen LogP contribution < -0.4 is 0 Å². The Kier molecular flexibility index (Phi) is 2.52. The molecule has 2 aromatic rings. The van der Waals surface area contributed by atoms with E-state index in [-0.39, 0.29) is 5.69 Å². The highest BCUT2D eigenvalue weighted by atomic mass is 79.9. The van der Waals surface area contributed by atoms with Gasteiger partial charge in [-0.05, 0) is 22.0 Å². The minimum Gasteiger partial charge on any atom is -0.224 e. The Morgan fingerprint density at radius 2 is 1.73 bits per heavy atom. The molecule has 0 amide bonds. The average Bonchev–Trinajstić information content (AvgIpc) is 2.58. The van der Waals surface area contributed by atoms with Gasteiger partial charge in [0.1, 0.15) is 10.3 Å². The quantitative estimate of drug-likeness (QED) is 0.732. The molecule has 15 heavy (non-hydrogen) atoms. The van der Waals surface area contributed by atoms with Crippen molar-refractivity contribution in [3.63, 3.8) is 0 Å². The van der Waals surface area contributed by atoms with Gasteiger partial charge in [-0.25, -0.2) is 17.9 Å². The lowest BCUT2D eigenvalue weighted by molar-refractivity contribution is 0.491. The minimum atomic E-state index is -1.22. The van der Waals surface area contributed by atoms with E-state index >= 15 is 0 Å². The molecule has 0 aliphatic carbocycles. The number of halogens is 4. The summed E-state index contributed by atoms with van der Waals surface area (Å²) in [7, 11) is 0. The third-order valence-electron chi connectivity index (χ3n) is 1.81. The van der Waals surface area contributed by atoms with Gasteiger partial charge in [-0.1, -0.05) is 0 Å². The van der Waals surface area contributed by atoms with Gasteiger partial charge in [0.25, 0.3) is 0 Å². The smallest absolute Gasteiger partial charge is 0.161 e. The maximum atomic E-state index is 13.3. The zero-order valence-electron chi connectivity index (χ0n) is 7.22. The van der Waals surface area contributed by atoms with Gasteiger partial charge in [-0.3, -0.25) is 0 Å². The molecular formula is C9H4BrF3N2. The van der Waals surface area contributed by atoms with E-state index in [1.807, 2.05) is 0 Å².